The molecule has 1 aliphatic carbocycles. The lowest BCUT2D eigenvalue weighted by molar-refractivity contribution is -0.128. The number of aryl methyl sites for hydroxylation is 1. The zero-order valence-corrected chi connectivity index (χ0v) is 24.3. The average molecular weight is 561 g/mol. The van der Waals surface area contributed by atoms with Crippen molar-refractivity contribution in [3.05, 3.63) is 59.3 Å². The highest BCUT2D eigenvalue weighted by atomic mass is 19.1. The van der Waals surface area contributed by atoms with Crippen LogP contribution in [-0.4, -0.2) is 77.6 Å². The van der Waals surface area contributed by atoms with E-state index < -0.39 is 6.17 Å². The molecule has 0 saturated carbocycles. The summed E-state index contributed by atoms with van der Waals surface area (Å²) < 4.78 is 21.2. The van der Waals surface area contributed by atoms with E-state index >= 15 is 4.39 Å². The Labute approximate surface area is 242 Å². The van der Waals surface area contributed by atoms with Crippen molar-refractivity contribution < 1.29 is 13.9 Å². The van der Waals surface area contributed by atoms with Crippen LogP contribution in [0.2, 0.25) is 0 Å². The van der Waals surface area contributed by atoms with Gasteiger partial charge in [0.2, 0.25) is 5.91 Å². The first-order valence-corrected chi connectivity index (χ1v) is 14.8. The van der Waals surface area contributed by atoms with Crippen molar-refractivity contribution in [2.24, 2.45) is 5.92 Å². The van der Waals surface area contributed by atoms with Gasteiger partial charge >= 0.3 is 6.01 Å². The van der Waals surface area contributed by atoms with Gasteiger partial charge in [0, 0.05) is 36.9 Å². The number of carbonyl (C=O) groups is 1. The number of likely N-dealkylation sites (N-methyl/N-ethyl adjacent to an activating group) is 1. The Bertz CT molecular complexity index is 1300. The van der Waals surface area contributed by atoms with Crippen LogP contribution in [0.4, 0.5) is 10.2 Å². The minimum atomic E-state index is -0.937. The van der Waals surface area contributed by atoms with Crippen LogP contribution in [0, 0.1) is 24.2 Å². The second kappa shape index (κ2) is 13.0. The predicted molar refractivity (Wildman–Crippen MR) is 156 cm³/mol. The van der Waals surface area contributed by atoms with E-state index in [1.807, 2.05) is 31.2 Å². The first-order chi connectivity index (χ1) is 19.9. The molecule has 0 radical (unpaired) electrons. The maximum absolute atomic E-state index is 15.0. The quantitative estimate of drug-likeness (QED) is 0.415. The molecule has 1 aromatic carbocycles. The number of anilines is 1. The molecule has 41 heavy (non-hydrogen) atoms. The second-order valence-corrected chi connectivity index (χ2v) is 11.7. The molecule has 8 nitrogen and oxygen atoms in total. The molecule has 2 saturated heterocycles. The number of carbonyl (C=O) groups excluding carboxylic acids is 1. The van der Waals surface area contributed by atoms with E-state index in [-0.39, 0.29) is 24.3 Å². The van der Waals surface area contributed by atoms with Gasteiger partial charge in [0.15, 0.2) is 0 Å². The van der Waals surface area contributed by atoms with Crippen molar-refractivity contribution >= 4 is 11.7 Å². The molecule has 218 valence electrons. The number of aromatic nitrogens is 2. The molecule has 0 spiro atoms. The number of hydrogen-bond acceptors (Lipinski definition) is 7. The van der Waals surface area contributed by atoms with Gasteiger partial charge in [-0.25, -0.2) is 9.37 Å². The van der Waals surface area contributed by atoms with E-state index in [1.165, 1.54) is 6.08 Å². The number of halogens is 1. The summed E-state index contributed by atoms with van der Waals surface area (Å²) in [6, 6.07) is 10.5. The van der Waals surface area contributed by atoms with Crippen LogP contribution in [0.1, 0.15) is 60.7 Å². The van der Waals surface area contributed by atoms with Gasteiger partial charge in [-0.2, -0.15) is 10.2 Å². The Morgan fingerprint density at radius 3 is 2.83 bits per heavy atom. The molecule has 1 amide bonds. The zero-order chi connectivity index (χ0) is 28.9. The van der Waals surface area contributed by atoms with E-state index in [4.69, 9.17) is 14.7 Å². The number of benzene rings is 1. The highest BCUT2D eigenvalue weighted by Crippen LogP contribution is 2.38. The topological polar surface area (TPSA) is 85.6 Å². The number of likely N-dealkylation sites (tertiary alicyclic amines) is 1. The van der Waals surface area contributed by atoms with Crippen molar-refractivity contribution in [2.75, 3.05) is 44.7 Å². The third-order valence-corrected chi connectivity index (χ3v) is 9.06. The third-order valence-electron chi connectivity index (χ3n) is 9.06. The fourth-order valence-corrected chi connectivity index (χ4v) is 6.68. The average Bonchev–Trinajstić information content (AvgIpc) is 3.39. The number of fused-ring (bicyclic) bond motifs is 1. The normalized spacial score (nSPS) is 24.5. The molecule has 0 bridgehead atoms. The standard InChI is InChI=1S/C32H41FN6O2/c1-4-30(40)39-17-16-38(20-25(39)13-14-34)31-27(12-11-23-18-24-8-5-6-10-28(24)29(33)19-23)22(2)35-32(36-31)41-21-26-9-7-15-37(26)3/h4-6,8,10,23,25-26,29H,1,7,9,11-13,15-21H2,2-3H3/t23-,25?,26?,29?/m1/s1. The smallest absolute Gasteiger partial charge is 0.318 e. The van der Waals surface area contributed by atoms with Crippen LogP contribution in [0.25, 0.3) is 0 Å². The van der Waals surface area contributed by atoms with Crippen LogP contribution in [0.3, 0.4) is 0 Å². The number of amides is 1. The largest absolute Gasteiger partial charge is 0.462 e. The van der Waals surface area contributed by atoms with E-state index in [0.29, 0.717) is 44.7 Å². The summed E-state index contributed by atoms with van der Waals surface area (Å²) in [6.45, 7) is 8.78. The monoisotopic (exact) mass is 560 g/mol. The second-order valence-electron chi connectivity index (χ2n) is 11.7. The van der Waals surface area contributed by atoms with Crippen molar-refractivity contribution in [3.63, 3.8) is 0 Å². The molecule has 9 heteroatoms. The molecule has 3 heterocycles. The van der Waals surface area contributed by atoms with Gasteiger partial charge in [0.25, 0.3) is 0 Å². The molecule has 3 unspecified atom stereocenters. The molecule has 2 fully saturated rings. The van der Waals surface area contributed by atoms with Gasteiger partial charge in [-0.15, -0.1) is 0 Å². The Morgan fingerprint density at radius 1 is 1.24 bits per heavy atom. The van der Waals surface area contributed by atoms with Crippen LogP contribution < -0.4 is 9.64 Å². The van der Waals surface area contributed by atoms with E-state index in [9.17, 15) is 10.1 Å². The lowest BCUT2D eigenvalue weighted by Gasteiger charge is -2.41. The summed E-state index contributed by atoms with van der Waals surface area (Å²) in [7, 11) is 2.12. The maximum atomic E-state index is 15.0. The number of ether oxygens (including phenoxy) is 1. The first-order valence-electron chi connectivity index (χ1n) is 14.8. The maximum Gasteiger partial charge on any atom is 0.318 e. The van der Waals surface area contributed by atoms with Crippen molar-refractivity contribution in [1.29, 1.82) is 5.26 Å². The fourth-order valence-electron chi connectivity index (χ4n) is 6.68. The highest BCUT2D eigenvalue weighted by Gasteiger charge is 2.33. The Balaban J connectivity index is 1.38. The number of rotatable bonds is 9. The van der Waals surface area contributed by atoms with Gasteiger partial charge in [0.05, 0.1) is 18.5 Å². The van der Waals surface area contributed by atoms with Gasteiger partial charge in [0.1, 0.15) is 18.6 Å². The lowest BCUT2D eigenvalue weighted by atomic mass is 9.80. The summed E-state index contributed by atoms with van der Waals surface area (Å²) in [5, 5.41) is 9.49. The zero-order valence-electron chi connectivity index (χ0n) is 24.3. The van der Waals surface area contributed by atoms with Crippen LogP contribution in [0.5, 0.6) is 6.01 Å². The summed E-state index contributed by atoms with van der Waals surface area (Å²) in [6.07, 6.45) is 5.80. The SMILES string of the molecule is C=CC(=O)N1CCN(c2nc(OCC3CCCN3C)nc(C)c2CC[C@@H]2Cc3ccccc3C(F)C2)CC1CC#N. The van der Waals surface area contributed by atoms with Crippen LogP contribution >= 0.6 is 0 Å². The Kier molecular flexibility index (Phi) is 9.19. The summed E-state index contributed by atoms with van der Waals surface area (Å²) in [4.78, 5) is 28.4. The van der Waals surface area contributed by atoms with Crippen molar-refractivity contribution in [3.8, 4) is 12.1 Å². The summed E-state index contributed by atoms with van der Waals surface area (Å²) in [5.74, 6) is 0.871. The van der Waals surface area contributed by atoms with Gasteiger partial charge in [-0.1, -0.05) is 30.8 Å². The molecule has 0 N–H and O–H groups in total. The fraction of sp³-hybridized carbons (Fsp3) is 0.562. The molecule has 5 rings (SSSR count). The van der Waals surface area contributed by atoms with Crippen LogP contribution in [-0.2, 0) is 17.6 Å². The van der Waals surface area contributed by atoms with E-state index in [2.05, 4.69) is 29.5 Å². The van der Waals surface area contributed by atoms with Gasteiger partial charge in [-0.3, -0.25) is 4.79 Å². The number of hydrogen-bond donors (Lipinski definition) is 0. The minimum absolute atomic E-state index is 0.160. The lowest BCUT2D eigenvalue weighted by Crippen LogP contribution is -2.55. The predicted octanol–water partition coefficient (Wildman–Crippen LogP) is 4.58. The number of alkyl halides is 1. The molecule has 2 aromatic rings. The molecule has 4 atom stereocenters. The van der Waals surface area contributed by atoms with Crippen LogP contribution in [0.15, 0.2) is 36.9 Å². The summed E-state index contributed by atoms with van der Waals surface area (Å²) >= 11 is 0. The van der Waals surface area contributed by atoms with E-state index in [0.717, 1.165) is 66.9 Å². The molecular formula is C32H41FN6O2. The number of nitriles is 1. The third kappa shape index (κ3) is 6.54. The number of nitrogens with zero attached hydrogens (tertiary/aromatic N) is 6. The van der Waals surface area contributed by atoms with Crippen molar-refractivity contribution in [2.45, 2.75) is 70.1 Å². The Morgan fingerprint density at radius 2 is 2.07 bits per heavy atom. The minimum Gasteiger partial charge on any atom is -0.462 e. The van der Waals surface area contributed by atoms with Gasteiger partial charge in [-0.05, 0) is 82.2 Å². The van der Waals surface area contributed by atoms with Crippen molar-refractivity contribution in [1.82, 2.24) is 19.8 Å². The summed E-state index contributed by atoms with van der Waals surface area (Å²) in [5.41, 5.74) is 3.82. The molecular weight excluding hydrogens is 519 g/mol. The Hall–Kier alpha value is -3.51. The van der Waals surface area contributed by atoms with E-state index in [1.54, 1.807) is 4.90 Å². The van der Waals surface area contributed by atoms with Gasteiger partial charge < -0.3 is 19.4 Å². The molecule has 3 aliphatic rings. The molecule has 1 aromatic heterocycles. The highest BCUT2D eigenvalue weighted by molar-refractivity contribution is 5.87. The number of piperazine rings is 1. The first kappa shape index (κ1) is 29.0. The molecule has 2 aliphatic heterocycles.